The minimum Gasteiger partial charge on any atom is -0.279 e. The predicted molar refractivity (Wildman–Crippen MR) is 81.3 cm³/mol. The summed E-state index contributed by atoms with van der Waals surface area (Å²) in [5.74, 6) is 0. The van der Waals surface area contributed by atoms with Crippen molar-refractivity contribution in [1.29, 1.82) is 0 Å². The number of nitrogens with one attached hydrogen (secondary N) is 1. The minimum atomic E-state index is 0.986. The first kappa shape index (κ1) is 12.8. The molecule has 18 heavy (non-hydrogen) atoms. The zero-order chi connectivity index (χ0) is 13.0. The van der Waals surface area contributed by atoms with Crippen LogP contribution in [-0.4, -0.2) is 6.21 Å². The van der Waals surface area contributed by atoms with Crippen LogP contribution in [0.5, 0.6) is 0 Å². The van der Waals surface area contributed by atoms with Gasteiger partial charge in [0.15, 0.2) is 0 Å². The van der Waals surface area contributed by atoms with Gasteiger partial charge >= 0.3 is 0 Å². The van der Waals surface area contributed by atoms with E-state index in [1.165, 1.54) is 11.1 Å². The van der Waals surface area contributed by atoms with Crippen molar-refractivity contribution in [2.24, 2.45) is 5.10 Å². The summed E-state index contributed by atoms with van der Waals surface area (Å²) < 4.78 is 1.13. The van der Waals surface area contributed by atoms with Gasteiger partial charge in [0.05, 0.1) is 11.9 Å². The van der Waals surface area contributed by atoms with Crippen LogP contribution >= 0.6 is 15.9 Å². The standard InChI is InChI=1S/C15H15BrN2/c1-11-12(2)15(16)9-8-13(11)10-17-18-14-6-4-3-5-7-14/h3-10,18H,1-2H3. The molecule has 0 aliphatic heterocycles. The minimum absolute atomic E-state index is 0.986. The van der Waals surface area contributed by atoms with E-state index in [0.29, 0.717) is 0 Å². The highest BCUT2D eigenvalue weighted by Gasteiger charge is 2.02. The van der Waals surface area contributed by atoms with Crippen LogP contribution in [-0.2, 0) is 0 Å². The number of hydrazone groups is 1. The van der Waals surface area contributed by atoms with E-state index >= 15 is 0 Å². The largest absolute Gasteiger partial charge is 0.279 e. The molecular weight excluding hydrogens is 288 g/mol. The summed E-state index contributed by atoms with van der Waals surface area (Å²) in [4.78, 5) is 0. The predicted octanol–water partition coefficient (Wildman–Crippen LogP) is 4.51. The van der Waals surface area contributed by atoms with Crippen molar-refractivity contribution in [1.82, 2.24) is 0 Å². The Bertz CT molecular complexity index is 562. The lowest BCUT2D eigenvalue weighted by Crippen LogP contribution is -1.94. The second kappa shape index (κ2) is 5.83. The van der Waals surface area contributed by atoms with Crippen LogP contribution in [0, 0.1) is 13.8 Å². The number of nitrogens with zero attached hydrogens (tertiary/aromatic N) is 1. The van der Waals surface area contributed by atoms with Crippen molar-refractivity contribution in [2.75, 3.05) is 5.43 Å². The molecule has 2 rings (SSSR count). The normalized spacial score (nSPS) is 10.8. The van der Waals surface area contributed by atoms with E-state index in [1.807, 2.05) is 42.6 Å². The summed E-state index contributed by atoms with van der Waals surface area (Å²) in [7, 11) is 0. The van der Waals surface area contributed by atoms with E-state index in [2.05, 4.69) is 46.4 Å². The van der Waals surface area contributed by atoms with Crippen LogP contribution < -0.4 is 5.43 Å². The molecule has 0 aliphatic carbocycles. The monoisotopic (exact) mass is 302 g/mol. The quantitative estimate of drug-likeness (QED) is 0.654. The fraction of sp³-hybridized carbons (Fsp3) is 0.133. The maximum absolute atomic E-state index is 4.25. The summed E-state index contributed by atoms with van der Waals surface area (Å²) in [6, 6.07) is 14.0. The van der Waals surface area contributed by atoms with Crippen molar-refractivity contribution in [3.8, 4) is 0 Å². The van der Waals surface area contributed by atoms with Gasteiger partial charge in [-0.05, 0) is 48.7 Å². The lowest BCUT2D eigenvalue weighted by atomic mass is 10.0. The second-order valence-corrected chi connectivity index (χ2v) is 4.98. The van der Waals surface area contributed by atoms with Crippen molar-refractivity contribution in [2.45, 2.75) is 13.8 Å². The second-order valence-electron chi connectivity index (χ2n) is 4.12. The molecule has 92 valence electrons. The molecule has 0 atom stereocenters. The van der Waals surface area contributed by atoms with E-state index in [9.17, 15) is 0 Å². The van der Waals surface area contributed by atoms with E-state index in [4.69, 9.17) is 0 Å². The molecular formula is C15H15BrN2. The molecule has 0 bridgehead atoms. The van der Waals surface area contributed by atoms with Gasteiger partial charge in [0.25, 0.3) is 0 Å². The molecule has 0 aliphatic rings. The van der Waals surface area contributed by atoms with Gasteiger partial charge in [-0.3, -0.25) is 5.43 Å². The van der Waals surface area contributed by atoms with Crippen LogP contribution in [0.2, 0.25) is 0 Å². The average Bonchev–Trinajstić information content (AvgIpc) is 2.40. The van der Waals surface area contributed by atoms with E-state index in [0.717, 1.165) is 15.7 Å². The summed E-state index contributed by atoms with van der Waals surface area (Å²) >= 11 is 3.52. The molecule has 2 nitrogen and oxygen atoms in total. The third-order valence-electron chi connectivity index (χ3n) is 2.93. The van der Waals surface area contributed by atoms with Gasteiger partial charge < -0.3 is 0 Å². The average molecular weight is 303 g/mol. The van der Waals surface area contributed by atoms with Crippen molar-refractivity contribution < 1.29 is 0 Å². The molecule has 0 heterocycles. The van der Waals surface area contributed by atoms with Gasteiger partial charge in [-0.1, -0.05) is 40.2 Å². The summed E-state index contributed by atoms with van der Waals surface area (Å²) in [6.45, 7) is 4.20. The van der Waals surface area contributed by atoms with Gasteiger partial charge in [-0.15, -0.1) is 0 Å². The number of hydrogen-bond acceptors (Lipinski definition) is 2. The molecule has 2 aromatic carbocycles. The lowest BCUT2D eigenvalue weighted by molar-refractivity contribution is 1.29. The topological polar surface area (TPSA) is 24.4 Å². The Morgan fingerprint density at radius 2 is 1.72 bits per heavy atom. The number of hydrogen-bond donors (Lipinski definition) is 1. The molecule has 0 radical (unpaired) electrons. The Labute approximate surface area is 116 Å². The fourth-order valence-corrected chi connectivity index (χ4v) is 2.07. The summed E-state index contributed by atoms with van der Waals surface area (Å²) in [5, 5.41) is 4.25. The van der Waals surface area contributed by atoms with E-state index in [1.54, 1.807) is 0 Å². The molecule has 0 saturated carbocycles. The zero-order valence-corrected chi connectivity index (χ0v) is 12.0. The fourth-order valence-electron chi connectivity index (χ4n) is 1.64. The molecule has 0 saturated heterocycles. The molecule has 0 amide bonds. The maximum Gasteiger partial charge on any atom is 0.0561 e. The van der Waals surface area contributed by atoms with Gasteiger partial charge in [0.2, 0.25) is 0 Å². The highest BCUT2D eigenvalue weighted by Crippen LogP contribution is 2.21. The first-order valence-corrected chi connectivity index (χ1v) is 6.57. The summed E-state index contributed by atoms with van der Waals surface area (Å²) in [6.07, 6.45) is 1.85. The number of benzene rings is 2. The molecule has 2 aromatic rings. The Morgan fingerprint density at radius 1 is 1.00 bits per heavy atom. The van der Waals surface area contributed by atoms with Crippen molar-refractivity contribution >= 4 is 27.8 Å². The smallest absolute Gasteiger partial charge is 0.0561 e. The van der Waals surface area contributed by atoms with Gasteiger partial charge in [-0.25, -0.2) is 0 Å². The summed E-state index contributed by atoms with van der Waals surface area (Å²) in [5.41, 5.74) is 7.61. The molecule has 1 N–H and O–H groups in total. The van der Waals surface area contributed by atoms with Crippen LogP contribution in [0.15, 0.2) is 52.0 Å². The molecule has 0 aromatic heterocycles. The molecule has 0 fully saturated rings. The number of para-hydroxylation sites is 1. The Kier molecular flexibility index (Phi) is 4.15. The van der Waals surface area contributed by atoms with Crippen LogP contribution in [0.4, 0.5) is 5.69 Å². The maximum atomic E-state index is 4.25. The Morgan fingerprint density at radius 3 is 2.44 bits per heavy atom. The molecule has 3 heteroatoms. The number of anilines is 1. The van der Waals surface area contributed by atoms with Crippen molar-refractivity contribution in [3.63, 3.8) is 0 Å². The van der Waals surface area contributed by atoms with Crippen LogP contribution in [0.3, 0.4) is 0 Å². The van der Waals surface area contributed by atoms with Crippen LogP contribution in [0.1, 0.15) is 16.7 Å². The third-order valence-corrected chi connectivity index (χ3v) is 3.79. The van der Waals surface area contributed by atoms with E-state index in [-0.39, 0.29) is 0 Å². The first-order chi connectivity index (χ1) is 8.68. The van der Waals surface area contributed by atoms with Crippen LogP contribution in [0.25, 0.3) is 0 Å². The molecule has 0 unspecified atom stereocenters. The number of rotatable bonds is 3. The first-order valence-electron chi connectivity index (χ1n) is 5.78. The SMILES string of the molecule is Cc1c(Br)ccc(C=NNc2ccccc2)c1C. The van der Waals surface area contributed by atoms with Crippen molar-refractivity contribution in [3.05, 3.63) is 63.6 Å². The zero-order valence-electron chi connectivity index (χ0n) is 10.4. The Hall–Kier alpha value is -1.61. The lowest BCUT2D eigenvalue weighted by Gasteiger charge is -2.06. The van der Waals surface area contributed by atoms with Gasteiger partial charge in [0, 0.05) is 4.47 Å². The van der Waals surface area contributed by atoms with E-state index < -0.39 is 0 Å². The van der Waals surface area contributed by atoms with Gasteiger partial charge in [-0.2, -0.15) is 5.10 Å². The highest BCUT2D eigenvalue weighted by molar-refractivity contribution is 9.10. The molecule has 0 spiro atoms. The third kappa shape index (κ3) is 2.99. The highest BCUT2D eigenvalue weighted by atomic mass is 79.9. The Balaban J connectivity index is 2.13. The van der Waals surface area contributed by atoms with Gasteiger partial charge in [0.1, 0.15) is 0 Å². The number of halogens is 1.